The number of anilines is 1. The van der Waals surface area contributed by atoms with Crippen molar-refractivity contribution in [3.8, 4) is 0 Å². The van der Waals surface area contributed by atoms with Gasteiger partial charge in [-0.1, -0.05) is 35.3 Å². The van der Waals surface area contributed by atoms with Gasteiger partial charge < -0.3 is 5.32 Å². The van der Waals surface area contributed by atoms with E-state index < -0.39 is 0 Å². The molecule has 0 unspecified atom stereocenters. The van der Waals surface area contributed by atoms with Crippen LogP contribution in [0.15, 0.2) is 52.0 Å². The number of benzene rings is 2. The molecular formula is C17H14BrCl2N3O2. The summed E-state index contributed by atoms with van der Waals surface area (Å²) >= 11 is 15.2. The summed E-state index contributed by atoms with van der Waals surface area (Å²) in [6, 6.07) is 11.8. The summed E-state index contributed by atoms with van der Waals surface area (Å²) in [6.45, 7) is 1.64. The van der Waals surface area contributed by atoms with Gasteiger partial charge in [-0.15, -0.1) is 0 Å². The standard InChI is InChI=1S/C17H14BrCl2N3O2/c1-10(22-23-17(25)12-4-2-3-5-13(12)18)8-16(24)21-15-9-11(19)6-7-14(15)20/h2-7,9H,8H2,1H3,(H,21,24)(H,23,25). The minimum Gasteiger partial charge on any atom is -0.324 e. The largest absolute Gasteiger partial charge is 0.324 e. The van der Waals surface area contributed by atoms with Gasteiger partial charge in [0.15, 0.2) is 0 Å². The van der Waals surface area contributed by atoms with E-state index in [-0.39, 0.29) is 18.2 Å². The highest BCUT2D eigenvalue weighted by Crippen LogP contribution is 2.25. The van der Waals surface area contributed by atoms with Gasteiger partial charge in [0.25, 0.3) is 5.91 Å². The Labute approximate surface area is 163 Å². The van der Waals surface area contributed by atoms with Gasteiger partial charge in [0.2, 0.25) is 5.91 Å². The van der Waals surface area contributed by atoms with E-state index in [1.807, 2.05) is 0 Å². The van der Waals surface area contributed by atoms with Crippen molar-refractivity contribution in [2.75, 3.05) is 5.32 Å². The third-order valence-electron chi connectivity index (χ3n) is 3.09. The number of nitrogens with zero attached hydrogens (tertiary/aromatic N) is 1. The molecule has 2 aromatic rings. The van der Waals surface area contributed by atoms with E-state index in [1.165, 1.54) is 0 Å². The van der Waals surface area contributed by atoms with Crippen LogP contribution >= 0.6 is 39.1 Å². The number of carbonyl (C=O) groups excluding carboxylic acids is 2. The molecule has 2 rings (SSSR count). The van der Waals surface area contributed by atoms with Gasteiger partial charge >= 0.3 is 0 Å². The number of carbonyl (C=O) groups is 2. The maximum Gasteiger partial charge on any atom is 0.272 e. The zero-order valence-corrected chi connectivity index (χ0v) is 16.2. The fourth-order valence-electron chi connectivity index (χ4n) is 1.91. The van der Waals surface area contributed by atoms with E-state index in [2.05, 4.69) is 31.8 Å². The van der Waals surface area contributed by atoms with Gasteiger partial charge in [0.05, 0.1) is 22.7 Å². The zero-order valence-electron chi connectivity index (χ0n) is 13.1. The van der Waals surface area contributed by atoms with Crippen LogP contribution in [0, 0.1) is 0 Å². The van der Waals surface area contributed by atoms with Crippen molar-refractivity contribution in [2.24, 2.45) is 5.10 Å². The first-order chi connectivity index (χ1) is 11.9. The maximum atomic E-state index is 12.0. The average molecular weight is 443 g/mol. The summed E-state index contributed by atoms with van der Waals surface area (Å²) < 4.78 is 0.661. The van der Waals surface area contributed by atoms with E-state index in [0.717, 1.165) is 0 Å². The quantitative estimate of drug-likeness (QED) is 0.511. The molecule has 0 aliphatic rings. The molecule has 0 aliphatic carbocycles. The fourth-order valence-corrected chi connectivity index (χ4v) is 2.71. The Morgan fingerprint density at radius 3 is 2.60 bits per heavy atom. The van der Waals surface area contributed by atoms with Crippen molar-refractivity contribution >= 4 is 62.3 Å². The number of halogens is 3. The first-order valence-corrected chi connectivity index (χ1v) is 8.74. The molecule has 0 saturated carbocycles. The van der Waals surface area contributed by atoms with Crippen molar-refractivity contribution in [3.63, 3.8) is 0 Å². The van der Waals surface area contributed by atoms with Crippen LogP contribution in [0.25, 0.3) is 0 Å². The molecular weight excluding hydrogens is 429 g/mol. The third kappa shape index (κ3) is 5.85. The van der Waals surface area contributed by atoms with Gasteiger partial charge in [-0.25, -0.2) is 5.43 Å². The number of amides is 2. The Balaban J connectivity index is 1.94. The molecule has 130 valence electrons. The second-order valence-electron chi connectivity index (χ2n) is 5.12. The Hall–Kier alpha value is -1.89. The topological polar surface area (TPSA) is 70.6 Å². The molecule has 0 saturated heterocycles. The lowest BCUT2D eigenvalue weighted by Crippen LogP contribution is -2.21. The van der Waals surface area contributed by atoms with E-state index in [9.17, 15) is 9.59 Å². The highest BCUT2D eigenvalue weighted by atomic mass is 79.9. The molecule has 0 spiro atoms. The van der Waals surface area contributed by atoms with Gasteiger partial charge in [0, 0.05) is 15.2 Å². The molecule has 8 heteroatoms. The Morgan fingerprint density at radius 2 is 1.88 bits per heavy atom. The predicted molar refractivity (Wildman–Crippen MR) is 104 cm³/mol. The first kappa shape index (κ1) is 19.4. The zero-order chi connectivity index (χ0) is 18.4. The molecule has 0 aromatic heterocycles. The molecule has 0 bridgehead atoms. The van der Waals surface area contributed by atoms with Crippen LogP contribution < -0.4 is 10.7 Å². The van der Waals surface area contributed by atoms with Crippen LogP contribution in [-0.4, -0.2) is 17.5 Å². The summed E-state index contributed by atoms with van der Waals surface area (Å²) in [5.41, 5.74) is 3.74. The van der Waals surface area contributed by atoms with Crippen molar-refractivity contribution in [3.05, 3.63) is 62.5 Å². The average Bonchev–Trinajstić information content (AvgIpc) is 2.56. The fraction of sp³-hybridized carbons (Fsp3) is 0.118. The van der Waals surface area contributed by atoms with Crippen LogP contribution in [0.1, 0.15) is 23.7 Å². The molecule has 0 heterocycles. The lowest BCUT2D eigenvalue weighted by molar-refractivity contribution is -0.115. The molecule has 25 heavy (non-hydrogen) atoms. The molecule has 0 radical (unpaired) electrons. The van der Waals surface area contributed by atoms with Crippen LogP contribution in [0.5, 0.6) is 0 Å². The lowest BCUT2D eigenvalue weighted by Gasteiger charge is -2.08. The van der Waals surface area contributed by atoms with Gasteiger partial charge in [-0.05, 0) is 53.2 Å². The SMILES string of the molecule is CC(CC(=O)Nc1cc(Cl)ccc1Cl)=NNC(=O)c1ccccc1Br. The molecule has 0 fully saturated rings. The van der Waals surface area contributed by atoms with Crippen LogP contribution in [0.3, 0.4) is 0 Å². The summed E-state index contributed by atoms with van der Waals surface area (Å²) in [6.07, 6.45) is -0.000911. The molecule has 0 aliphatic heterocycles. The van der Waals surface area contributed by atoms with Crippen molar-refractivity contribution in [1.29, 1.82) is 0 Å². The van der Waals surface area contributed by atoms with Crippen molar-refractivity contribution in [1.82, 2.24) is 5.43 Å². The van der Waals surface area contributed by atoms with Crippen LogP contribution in [0.2, 0.25) is 10.0 Å². The lowest BCUT2D eigenvalue weighted by atomic mass is 10.2. The number of rotatable bonds is 5. The molecule has 2 amide bonds. The second-order valence-corrected chi connectivity index (χ2v) is 6.81. The maximum absolute atomic E-state index is 12.0. The molecule has 0 atom stereocenters. The van der Waals surface area contributed by atoms with Gasteiger partial charge in [-0.2, -0.15) is 5.10 Å². The highest BCUT2D eigenvalue weighted by Gasteiger charge is 2.10. The summed E-state index contributed by atoms with van der Waals surface area (Å²) in [7, 11) is 0. The summed E-state index contributed by atoms with van der Waals surface area (Å²) in [5.74, 6) is -0.689. The summed E-state index contributed by atoms with van der Waals surface area (Å²) in [4.78, 5) is 24.1. The minimum atomic E-state index is -0.370. The summed E-state index contributed by atoms with van der Waals surface area (Å²) in [5, 5.41) is 7.44. The number of hydrogen-bond donors (Lipinski definition) is 2. The Bertz CT molecular complexity index is 840. The van der Waals surface area contributed by atoms with Gasteiger partial charge in [-0.3, -0.25) is 9.59 Å². The van der Waals surface area contributed by atoms with E-state index in [1.54, 1.807) is 49.4 Å². The van der Waals surface area contributed by atoms with Crippen LogP contribution in [-0.2, 0) is 4.79 Å². The smallest absolute Gasteiger partial charge is 0.272 e. The van der Waals surface area contributed by atoms with E-state index in [0.29, 0.717) is 31.5 Å². The number of hydrazone groups is 1. The Morgan fingerprint density at radius 1 is 1.16 bits per heavy atom. The van der Waals surface area contributed by atoms with Crippen molar-refractivity contribution < 1.29 is 9.59 Å². The number of hydrogen-bond acceptors (Lipinski definition) is 3. The Kier molecular flexibility index (Phi) is 6.99. The highest BCUT2D eigenvalue weighted by molar-refractivity contribution is 9.10. The molecule has 2 N–H and O–H groups in total. The molecule has 2 aromatic carbocycles. The third-order valence-corrected chi connectivity index (χ3v) is 4.34. The van der Waals surface area contributed by atoms with E-state index in [4.69, 9.17) is 23.2 Å². The molecule has 5 nitrogen and oxygen atoms in total. The predicted octanol–water partition coefficient (Wildman–Crippen LogP) is 4.89. The number of nitrogens with one attached hydrogen (secondary N) is 2. The van der Waals surface area contributed by atoms with E-state index >= 15 is 0 Å². The second kappa shape index (κ2) is 8.99. The minimum absolute atomic E-state index is 0.000911. The first-order valence-electron chi connectivity index (χ1n) is 7.19. The van der Waals surface area contributed by atoms with Crippen LogP contribution in [0.4, 0.5) is 5.69 Å². The monoisotopic (exact) mass is 441 g/mol. The van der Waals surface area contributed by atoms with Gasteiger partial charge in [0.1, 0.15) is 0 Å². The van der Waals surface area contributed by atoms with Crippen molar-refractivity contribution in [2.45, 2.75) is 13.3 Å². The normalized spacial score (nSPS) is 11.1.